The van der Waals surface area contributed by atoms with E-state index in [-0.39, 0.29) is 18.4 Å². The van der Waals surface area contributed by atoms with E-state index >= 15 is 0 Å². The topological polar surface area (TPSA) is 67.4 Å². The summed E-state index contributed by atoms with van der Waals surface area (Å²) in [6, 6.07) is 7.23. The summed E-state index contributed by atoms with van der Waals surface area (Å²) in [6.07, 6.45) is 0. The minimum Gasteiger partial charge on any atom is -0.383 e. The van der Waals surface area contributed by atoms with Gasteiger partial charge in [0.1, 0.15) is 0 Å². The van der Waals surface area contributed by atoms with Gasteiger partial charge < -0.3 is 15.4 Å². The van der Waals surface area contributed by atoms with Gasteiger partial charge in [-0.05, 0) is 17.7 Å². The molecule has 0 unspecified atom stereocenters. The zero-order chi connectivity index (χ0) is 14.1. The number of methoxy groups -OCH3 is 1. The highest BCUT2D eigenvalue weighted by Crippen LogP contribution is 2.08. The van der Waals surface area contributed by atoms with Crippen molar-refractivity contribution < 1.29 is 14.3 Å². The van der Waals surface area contributed by atoms with Crippen LogP contribution < -0.4 is 10.6 Å². The second-order valence-electron chi connectivity index (χ2n) is 3.86. The summed E-state index contributed by atoms with van der Waals surface area (Å²) in [5, 5.41) is 5.88. The SMILES string of the molecule is COCCNC(=O)CNC(=O)c1cccc(CBr)c1. The summed E-state index contributed by atoms with van der Waals surface area (Å²) in [6.45, 7) is 0.846. The average Bonchev–Trinajstić information content (AvgIpc) is 2.45. The molecule has 0 saturated carbocycles. The van der Waals surface area contributed by atoms with Gasteiger partial charge >= 0.3 is 0 Å². The van der Waals surface area contributed by atoms with Gasteiger partial charge in [0, 0.05) is 24.5 Å². The number of hydrogen-bond acceptors (Lipinski definition) is 3. The number of nitrogens with one attached hydrogen (secondary N) is 2. The Morgan fingerprint density at radius 1 is 1.32 bits per heavy atom. The minimum absolute atomic E-state index is 0.0406. The van der Waals surface area contributed by atoms with Crippen molar-refractivity contribution in [3.8, 4) is 0 Å². The molecule has 0 aliphatic heterocycles. The molecule has 104 valence electrons. The van der Waals surface area contributed by atoms with Crippen LogP contribution in [0.2, 0.25) is 0 Å². The van der Waals surface area contributed by atoms with Crippen LogP contribution in [0.5, 0.6) is 0 Å². The molecular weight excluding hydrogens is 312 g/mol. The van der Waals surface area contributed by atoms with Crippen molar-refractivity contribution in [1.82, 2.24) is 10.6 Å². The molecule has 0 heterocycles. The summed E-state index contributed by atoms with van der Waals surface area (Å²) in [5.74, 6) is -0.494. The Kier molecular flexibility index (Phi) is 7.14. The zero-order valence-electron chi connectivity index (χ0n) is 10.7. The Morgan fingerprint density at radius 3 is 2.79 bits per heavy atom. The fraction of sp³-hybridized carbons (Fsp3) is 0.385. The largest absolute Gasteiger partial charge is 0.383 e. The Labute approximate surface area is 120 Å². The summed E-state index contributed by atoms with van der Waals surface area (Å²) < 4.78 is 4.81. The van der Waals surface area contributed by atoms with Crippen LogP contribution in [0.25, 0.3) is 0 Å². The van der Waals surface area contributed by atoms with Gasteiger partial charge in [-0.2, -0.15) is 0 Å². The Balaban J connectivity index is 2.40. The van der Waals surface area contributed by atoms with Gasteiger partial charge in [0.15, 0.2) is 0 Å². The predicted molar refractivity (Wildman–Crippen MR) is 76.3 cm³/mol. The van der Waals surface area contributed by atoms with E-state index in [1.54, 1.807) is 19.2 Å². The molecule has 1 rings (SSSR count). The maximum absolute atomic E-state index is 11.8. The van der Waals surface area contributed by atoms with Gasteiger partial charge in [-0.1, -0.05) is 28.1 Å². The van der Waals surface area contributed by atoms with Crippen LogP contribution in [-0.2, 0) is 14.9 Å². The van der Waals surface area contributed by atoms with Crippen LogP contribution in [0.1, 0.15) is 15.9 Å². The lowest BCUT2D eigenvalue weighted by Gasteiger charge is -2.07. The van der Waals surface area contributed by atoms with Crippen LogP contribution >= 0.6 is 15.9 Å². The standard InChI is InChI=1S/C13H17BrN2O3/c1-19-6-5-15-12(17)9-16-13(18)11-4-2-3-10(7-11)8-14/h2-4,7H,5-6,8-9H2,1H3,(H,15,17)(H,16,18). The van der Waals surface area contributed by atoms with Crippen molar-refractivity contribution in [1.29, 1.82) is 0 Å². The second-order valence-corrected chi connectivity index (χ2v) is 4.42. The van der Waals surface area contributed by atoms with Crippen molar-refractivity contribution in [2.24, 2.45) is 0 Å². The summed E-state index contributed by atoms with van der Waals surface area (Å²) in [5.41, 5.74) is 1.55. The molecule has 0 bridgehead atoms. The Hall–Kier alpha value is -1.40. The highest BCUT2D eigenvalue weighted by molar-refractivity contribution is 9.08. The molecule has 19 heavy (non-hydrogen) atoms. The molecule has 5 nitrogen and oxygen atoms in total. The lowest BCUT2D eigenvalue weighted by atomic mass is 10.1. The number of alkyl halides is 1. The van der Waals surface area contributed by atoms with Crippen molar-refractivity contribution in [2.75, 3.05) is 26.8 Å². The van der Waals surface area contributed by atoms with E-state index < -0.39 is 0 Å². The van der Waals surface area contributed by atoms with Crippen molar-refractivity contribution >= 4 is 27.7 Å². The summed E-state index contributed by atoms with van der Waals surface area (Å²) in [7, 11) is 1.56. The number of ether oxygens (including phenoxy) is 1. The third-order valence-electron chi connectivity index (χ3n) is 2.38. The fourth-order valence-corrected chi connectivity index (χ4v) is 1.76. The normalized spacial score (nSPS) is 10.0. The lowest BCUT2D eigenvalue weighted by Crippen LogP contribution is -2.38. The quantitative estimate of drug-likeness (QED) is 0.581. The monoisotopic (exact) mass is 328 g/mol. The molecule has 0 aliphatic carbocycles. The van der Waals surface area contributed by atoms with Crippen LogP contribution in [0, 0.1) is 0 Å². The maximum Gasteiger partial charge on any atom is 0.251 e. The smallest absolute Gasteiger partial charge is 0.251 e. The van der Waals surface area contributed by atoms with Crippen LogP contribution in [0.3, 0.4) is 0 Å². The number of rotatable bonds is 7. The van der Waals surface area contributed by atoms with Gasteiger partial charge in [-0.15, -0.1) is 0 Å². The van der Waals surface area contributed by atoms with Gasteiger partial charge in [-0.25, -0.2) is 0 Å². The molecule has 0 aromatic heterocycles. The molecule has 0 spiro atoms. The van der Waals surface area contributed by atoms with E-state index in [0.29, 0.717) is 24.0 Å². The van der Waals surface area contributed by atoms with Crippen LogP contribution in [0.15, 0.2) is 24.3 Å². The van der Waals surface area contributed by atoms with Crippen LogP contribution in [-0.4, -0.2) is 38.6 Å². The first kappa shape index (κ1) is 15.7. The van der Waals surface area contributed by atoms with E-state index in [9.17, 15) is 9.59 Å². The molecule has 1 aromatic carbocycles. The molecule has 2 N–H and O–H groups in total. The van der Waals surface area contributed by atoms with Gasteiger partial charge in [0.2, 0.25) is 5.91 Å². The zero-order valence-corrected chi connectivity index (χ0v) is 12.3. The summed E-state index contributed by atoms with van der Waals surface area (Å²) >= 11 is 3.33. The van der Waals surface area contributed by atoms with Crippen molar-refractivity contribution in [2.45, 2.75) is 5.33 Å². The second kappa shape index (κ2) is 8.66. The number of carbonyl (C=O) groups is 2. The highest BCUT2D eigenvalue weighted by atomic mass is 79.9. The first-order valence-corrected chi connectivity index (χ1v) is 6.98. The molecule has 6 heteroatoms. The fourth-order valence-electron chi connectivity index (χ4n) is 1.41. The Morgan fingerprint density at radius 2 is 2.11 bits per heavy atom. The van der Waals surface area contributed by atoms with Gasteiger partial charge in [-0.3, -0.25) is 9.59 Å². The number of hydrogen-bond donors (Lipinski definition) is 2. The van der Waals surface area contributed by atoms with Gasteiger partial charge in [0.25, 0.3) is 5.91 Å². The molecule has 0 radical (unpaired) electrons. The van der Waals surface area contributed by atoms with Gasteiger partial charge in [0.05, 0.1) is 13.2 Å². The minimum atomic E-state index is -0.260. The number of benzene rings is 1. The third kappa shape index (κ3) is 5.85. The predicted octanol–water partition coefficient (Wildman–Crippen LogP) is 1.07. The van der Waals surface area contributed by atoms with E-state index in [1.165, 1.54) is 0 Å². The third-order valence-corrected chi connectivity index (χ3v) is 3.03. The van der Waals surface area contributed by atoms with Crippen LogP contribution in [0.4, 0.5) is 0 Å². The van der Waals surface area contributed by atoms with Crippen molar-refractivity contribution in [3.05, 3.63) is 35.4 Å². The first-order valence-electron chi connectivity index (χ1n) is 5.86. The van der Waals surface area contributed by atoms with E-state index in [4.69, 9.17) is 4.74 Å². The number of amides is 2. The number of halogens is 1. The molecule has 0 saturated heterocycles. The molecule has 0 atom stereocenters. The molecular formula is C13H17BrN2O3. The van der Waals surface area contributed by atoms with E-state index in [0.717, 1.165) is 5.56 Å². The maximum atomic E-state index is 11.8. The number of carbonyl (C=O) groups excluding carboxylic acids is 2. The lowest BCUT2D eigenvalue weighted by molar-refractivity contribution is -0.120. The highest BCUT2D eigenvalue weighted by Gasteiger charge is 2.08. The molecule has 1 aromatic rings. The first-order chi connectivity index (χ1) is 9.17. The molecule has 0 fully saturated rings. The van der Waals surface area contributed by atoms with Crippen molar-refractivity contribution in [3.63, 3.8) is 0 Å². The Bertz CT molecular complexity index is 438. The van der Waals surface area contributed by atoms with E-state index in [1.807, 2.05) is 12.1 Å². The van der Waals surface area contributed by atoms with E-state index in [2.05, 4.69) is 26.6 Å². The summed E-state index contributed by atoms with van der Waals surface area (Å²) in [4.78, 5) is 23.2. The average molecular weight is 329 g/mol. The molecule has 0 aliphatic rings. The molecule has 2 amide bonds.